The Morgan fingerprint density at radius 2 is 1.97 bits per heavy atom. The molecule has 31 heavy (non-hydrogen) atoms. The molecule has 0 spiro atoms. The number of amides is 1. The Morgan fingerprint density at radius 3 is 2.71 bits per heavy atom. The largest absolute Gasteiger partial charge is 0.507 e. The van der Waals surface area contributed by atoms with E-state index < -0.39 is 6.04 Å². The molecule has 3 aromatic rings. The lowest BCUT2D eigenvalue weighted by Gasteiger charge is -2.27. The second-order valence-electron chi connectivity index (χ2n) is 7.26. The number of phenols is 2. The maximum Gasteiger partial charge on any atom is 0.273 e. The van der Waals surface area contributed by atoms with E-state index in [1.165, 1.54) is 7.11 Å². The number of methoxy groups -OCH3 is 1. The standard InChI is InChI=1S/C23H25N3O5/c1-3-31-12-6-11-26-22(14-9-10-17(28)18(13-14)30-2)19-20(24-25-21(19)23(26)29)15-7-4-5-8-16(15)27/h4-5,7-10,13,22,27-28H,3,6,11-12H2,1-2H3,(H,24,25)/t22-/m0/s1. The van der Waals surface area contributed by atoms with Crippen LogP contribution in [0.4, 0.5) is 0 Å². The van der Waals surface area contributed by atoms with E-state index in [1.807, 2.05) is 13.0 Å². The fraction of sp³-hybridized carbons (Fsp3) is 0.304. The highest BCUT2D eigenvalue weighted by Crippen LogP contribution is 2.45. The first-order chi connectivity index (χ1) is 15.1. The van der Waals surface area contributed by atoms with Crippen LogP contribution in [0.25, 0.3) is 11.3 Å². The zero-order chi connectivity index (χ0) is 22.0. The average Bonchev–Trinajstić information content (AvgIpc) is 3.31. The molecule has 0 aliphatic carbocycles. The van der Waals surface area contributed by atoms with Crippen LogP contribution in [0.1, 0.15) is 41.0 Å². The van der Waals surface area contributed by atoms with E-state index in [4.69, 9.17) is 9.47 Å². The molecule has 1 amide bonds. The summed E-state index contributed by atoms with van der Waals surface area (Å²) in [6.45, 7) is 3.58. The lowest BCUT2D eigenvalue weighted by atomic mass is 9.95. The minimum absolute atomic E-state index is 0.0202. The molecule has 2 aromatic carbocycles. The third-order valence-electron chi connectivity index (χ3n) is 5.43. The van der Waals surface area contributed by atoms with Crippen molar-refractivity contribution in [3.05, 3.63) is 59.3 Å². The van der Waals surface area contributed by atoms with Gasteiger partial charge in [-0.2, -0.15) is 5.10 Å². The quantitative estimate of drug-likeness (QED) is 0.479. The Kier molecular flexibility index (Phi) is 5.81. The first kappa shape index (κ1) is 20.7. The molecule has 0 radical (unpaired) electrons. The van der Waals surface area contributed by atoms with Crippen molar-refractivity contribution >= 4 is 5.91 Å². The number of H-pyrrole nitrogens is 1. The Morgan fingerprint density at radius 1 is 1.16 bits per heavy atom. The molecule has 0 fully saturated rings. The Labute approximate surface area is 180 Å². The number of hydrogen-bond acceptors (Lipinski definition) is 6. The molecular formula is C23H25N3O5. The Bertz CT molecular complexity index is 1090. The molecule has 2 heterocycles. The van der Waals surface area contributed by atoms with Crippen LogP contribution in [-0.4, -0.2) is 58.1 Å². The van der Waals surface area contributed by atoms with E-state index in [9.17, 15) is 15.0 Å². The molecule has 1 aliphatic heterocycles. The van der Waals surface area contributed by atoms with Crippen molar-refractivity contribution in [1.29, 1.82) is 0 Å². The number of nitrogens with zero attached hydrogens (tertiary/aromatic N) is 2. The summed E-state index contributed by atoms with van der Waals surface area (Å²) in [5, 5.41) is 27.7. The third kappa shape index (κ3) is 3.70. The summed E-state index contributed by atoms with van der Waals surface area (Å²) in [5.41, 5.74) is 2.92. The van der Waals surface area contributed by atoms with Gasteiger partial charge in [-0.05, 0) is 43.2 Å². The molecule has 1 aromatic heterocycles. The molecule has 0 saturated heterocycles. The van der Waals surface area contributed by atoms with Gasteiger partial charge in [0.05, 0.1) is 13.2 Å². The first-order valence-corrected chi connectivity index (χ1v) is 10.2. The molecule has 3 N–H and O–H groups in total. The van der Waals surface area contributed by atoms with Crippen molar-refractivity contribution in [2.45, 2.75) is 19.4 Å². The van der Waals surface area contributed by atoms with Gasteiger partial charge in [0.25, 0.3) is 5.91 Å². The third-order valence-corrected chi connectivity index (χ3v) is 5.43. The number of nitrogens with one attached hydrogen (secondary N) is 1. The normalized spacial score (nSPS) is 15.4. The van der Waals surface area contributed by atoms with E-state index in [1.54, 1.807) is 41.3 Å². The maximum absolute atomic E-state index is 13.3. The number of hydrogen-bond donors (Lipinski definition) is 3. The summed E-state index contributed by atoms with van der Waals surface area (Å²) in [6.07, 6.45) is 0.676. The van der Waals surface area contributed by atoms with E-state index in [0.29, 0.717) is 54.4 Å². The topological polar surface area (TPSA) is 108 Å². The van der Waals surface area contributed by atoms with E-state index in [-0.39, 0.29) is 17.4 Å². The highest BCUT2D eigenvalue weighted by molar-refractivity contribution is 6.00. The summed E-state index contributed by atoms with van der Waals surface area (Å²) in [4.78, 5) is 15.0. The number of rotatable bonds is 8. The van der Waals surface area contributed by atoms with Crippen LogP contribution >= 0.6 is 0 Å². The van der Waals surface area contributed by atoms with Crippen LogP contribution in [0, 0.1) is 0 Å². The van der Waals surface area contributed by atoms with Crippen molar-refractivity contribution in [3.63, 3.8) is 0 Å². The summed E-state index contributed by atoms with van der Waals surface area (Å²) < 4.78 is 10.7. The first-order valence-electron chi connectivity index (χ1n) is 10.2. The van der Waals surface area contributed by atoms with Crippen LogP contribution < -0.4 is 4.74 Å². The minimum Gasteiger partial charge on any atom is -0.507 e. The highest BCUT2D eigenvalue weighted by atomic mass is 16.5. The number of aromatic nitrogens is 2. The van der Waals surface area contributed by atoms with Gasteiger partial charge in [-0.3, -0.25) is 9.89 Å². The van der Waals surface area contributed by atoms with Gasteiger partial charge in [-0.15, -0.1) is 0 Å². The molecule has 1 atom stereocenters. The fourth-order valence-electron chi connectivity index (χ4n) is 4.00. The Hall–Kier alpha value is -3.52. The number of aromatic amines is 1. The van der Waals surface area contributed by atoms with Gasteiger partial charge in [0.1, 0.15) is 17.1 Å². The van der Waals surface area contributed by atoms with Crippen LogP contribution in [0.5, 0.6) is 17.2 Å². The zero-order valence-corrected chi connectivity index (χ0v) is 17.5. The van der Waals surface area contributed by atoms with Gasteiger partial charge in [-0.25, -0.2) is 0 Å². The van der Waals surface area contributed by atoms with Gasteiger partial charge in [0.2, 0.25) is 0 Å². The predicted octanol–water partition coefficient (Wildman–Crippen LogP) is 3.47. The minimum atomic E-state index is -0.452. The molecule has 162 valence electrons. The van der Waals surface area contributed by atoms with Crippen LogP contribution in [-0.2, 0) is 4.74 Å². The number of phenolic OH excluding ortho intramolecular Hbond substituents is 2. The smallest absolute Gasteiger partial charge is 0.273 e. The maximum atomic E-state index is 13.3. The molecule has 0 unspecified atom stereocenters. The molecule has 8 heteroatoms. The van der Waals surface area contributed by atoms with Crippen molar-refractivity contribution in [2.75, 3.05) is 26.9 Å². The second kappa shape index (κ2) is 8.69. The van der Waals surface area contributed by atoms with Gasteiger partial charge >= 0.3 is 0 Å². The second-order valence-corrected chi connectivity index (χ2v) is 7.26. The number of ether oxygens (including phenoxy) is 2. The molecule has 1 aliphatic rings. The number of carbonyl (C=O) groups is 1. The zero-order valence-electron chi connectivity index (χ0n) is 17.5. The Balaban J connectivity index is 1.82. The molecule has 8 nitrogen and oxygen atoms in total. The summed E-state index contributed by atoms with van der Waals surface area (Å²) in [5.74, 6) is 0.255. The van der Waals surface area contributed by atoms with E-state index in [0.717, 1.165) is 5.56 Å². The number of aromatic hydroxyl groups is 2. The van der Waals surface area contributed by atoms with Crippen molar-refractivity contribution in [2.24, 2.45) is 0 Å². The van der Waals surface area contributed by atoms with Crippen molar-refractivity contribution in [3.8, 4) is 28.5 Å². The van der Waals surface area contributed by atoms with Crippen molar-refractivity contribution in [1.82, 2.24) is 15.1 Å². The lowest BCUT2D eigenvalue weighted by Crippen LogP contribution is -2.31. The molecule has 0 bridgehead atoms. The average molecular weight is 423 g/mol. The van der Waals surface area contributed by atoms with Crippen molar-refractivity contribution < 1.29 is 24.5 Å². The summed E-state index contributed by atoms with van der Waals surface area (Å²) in [6, 6.07) is 11.5. The van der Waals surface area contributed by atoms with E-state index >= 15 is 0 Å². The summed E-state index contributed by atoms with van der Waals surface area (Å²) in [7, 11) is 1.48. The molecule has 0 saturated carbocycles. The van der Waals surface area contributed by atoms with Crippen LogP contribution in [0.15, 0.2) is 42.5 Å². The number of carbonyl (C=O) groups excluding carboxylic acids is 1. The molecule has 4 rings (SSSR count). The predicted molar refractivity (Wildman–Crippen MR) is 114 cm³/mol. The van der Waals surface area contributed by atoms with Gasteiger partial charge in [0, 0.05) is 30.9 Å². The lowest BCUT2D eigenvalue weighted by molar-refractivity contribution is 0.0710. The highest BCUT2D eigenvalue weighted by Gasteiger charge is 2.42. The van der Waals surface area contributed by atoms with Gasteiger partial charge in [0.15, 0.2) is 11.5 Å². The monoisotopic (exact) mass is 423 g/mol. The SMILES string of the molecule is CCOCCCN1C(=O)c2[nH]nc(-c3ccccc3O)c2[C@@H]1c1ccc(O)c(OC)c1. The summed E-state index contributed by atoms with van der Waals surface area (Å²) >= 11 is 0. The number of fused-ring (bicyclic) bond motifs is 1. The van der Waals surface area contributed by atoms with Crippen LogP contribution in [0.2, 0.25) is 0 Å². The number of para-hydroxylation sites is 1. The van der Waals surface area contributed by atoms with Gasteiger partial charge < -0.3 is 24.6 Å². The van der Waals surface area contributed by atoms with E-state index in [2.05, 4.69) is 10.2 Å². The number of benzene rings is 2. The molecular weight excluding hydrogens is 398 g/mol. The van der Waals surface area contributed by atoms with Gasteiger partial charge in [-0.1, -0.05) is 18.2 Å². The van der Waals surface area contributed by atoms with Crippen LogP contribution in [0.3, 0.4) is 0 Å². The fourth-order valence-corrected chi connectivity index (χ4v) is 4.00.